The largest absolute Gasteiger partial charge is 0.347 e. The van der Waals surface area contributed by atoms with Crippen molar-refractivity contribution < 1.29 is 4.79 Å². The van der Waals surface area contributed by atoms with Crippen molar-refractivity contribution in [2.45, 2.75) is 26.9 Å². The molecule has 0 saturated heterocycles. The van der Waals surface area contributed by atoms with E-state index in [0.29, 0.717) is 33.7 Å². The van der Waals surface area contributed by atoms with Crippen molar-refractivity contribution in [2.75, 3.05) is 0 Å². The lowest BCUT2D eigenvalue weighted by Crippen LogP contribution is -2.23. The number of amides is 1. The Morgan fingerprint density at radius 3 is 2.48 bits per heavy atom. The summed E-state index contributed by atoms with van der Waals surface area (Å²) in [6.07, 6.45) is 1.56. The summed E-state index contributed by atoms with van der Waals surface area (Å²) in [5.74, 6) is -0.180. The average molecular weight is 404 g/mol. The van der Waals surface area contributed by atoms with Gasteiger partial charge in [0, 0.05) is 6.54 Å². The van der Waals surface area contributed by atoms with Crippen LogP contribution >= 0.6 is 11.3 Å². The van der Waals surface area contributed by atoms with Crippen molar-refractivity contribution in [3.8, 4) is 0 Å². The topological polar surface area (TPSA) is 64.0 Å². The second-order valence-electron chi connectivity index (χ2n) is 7.07. The van der Waals surface area contributed by atoms with Crippen molar-refractivity contribution in [2.24, 2.45) is 0 Å². The zero-order valence-electron chi connectivity index (χ0n) is 16.3. The summed E-state index contributed by atoms with van der Waals surface area (Å²) in [6.45, 7) is 4.74. The first kappa shape index (κ1) is 19.1. The number of aryl methyl sites for hydroxylation is 2. The molecule has 2 aromatic heterocycles. The van der Waals surface area contributed by atoms with E-state index in [2.05, 4.69) is 10.3 Å². The smallest absolute Gasteiger partial charge is 0.262 e. The van der Waals surface area contributed by atoms with E-state index in [4.69, 9.17) is 0 Å². The highest BCUT2D eigenvalue weighted by atomic mass is 32.1. The molecule has 4 rings (SSSR count). The Balaban J connectivity index is 1.60. The van der Waals surface area contributed by atoms with Crippen LogP contribution in [0.1, 0.15) is 31.9 Å². The number of hydrogen-bond donors (Lipinski definition) is 1. The number of carbonyl (C=O) groups is 1. The lowest BCUT2D eigenvalue weighted by molar-refractivity contribution is 0.0954. The first-order chi connectivity index (χ1) is 14.0. The van der Waals surface area contributed by atoms with Gasteiger partial charge in [-0.15, -0.1) is 11.3 Å². The van der Waals surface area contributed by atoms with E-state index in [9.17, 15) is 9.59 Å². The Morgan fingerprint density at radius 1 is 1.03 bits per heavy atom. The minimum atomic E-state index is -0.180. The molecule has 0 aliphatic carbocycles. The third kappa shape index (κ3) is 3.98. The Kier molecular flexibility index (Phi) is 5.27. The minimum absolute atomic E-state index is 0.120. The second-order valence-corrected chi connectivity index (χ2v) is 8.07. The Bertz CT molecular complexity index is 1220. The summed E-state index contributed by atoms with van der Waals surface area (Å²) in [4.78, 5) is 31.3. The molecule has 1 amide bonds. The lowest BCUT2D eigenvalue weighted by Gasteiger charge is -2.06. The van der Waals surface area contributed by atoms with Gasteiger partial charge in [0.05, 0.1) is 23.1 Å². The van der Waals surface area contributed by atoms with E-state index in [-0.39, 0.29) is 11.5 Å². The van der Waals surface area contributed by atoms with Crippen molar-refractivity contribution in [1.82, 2.24) is 14.9 Å². The van der Waals surface area contributed by atoms with Crippen molar-refractivity contribution in [3.05, 3.63) is 98.4 Å². The summed E-state index contributed by atoms with van der Waals surface area (Å²) in [7, 11) is 0. The third-order valence-corrected chi connectivity index (χ3v) is 6.09. The number of benzene rings is 2. The number of aromatic nitrogens is 2. The van der Waals surface area contributed by atoms with Gasteiger partial charge in [-0.1, -0.05) is 60.2 Å². The van der Waals surface area contributed by atoms with Crippen LogP contribution < -0.4 is 10.9 Å². The van der Waals surface area contributed by atoms with Gasteiger partial charge < -0.3 is 5.32 Å². The van der Waals surface area contributed by atoms with Crippen LogP contribution in [0.15, 0.2) is 65.7 Å². The van der Waals surface area contributed by atoms with Crippen LogP contribution in [0.4, 0.5) is 0 Å². The number of hydrogen-bond acceptors (Lipinski definition) is 4. The van der Waals surface area contributed by atoms with Gasteiger partial charge in [-0.2, -0.15) is 0 Å². The third-order valence-electron chi connectivity index (χ3n) is 4.89. The van der Waals surface area contributed by atoms with Crippen LogP contribution in [0.25, 0.3) is 10.2 Å². The molecular weight excluding hydrogens is 382 g/mol. The number of fused-ring (bicyclic) bond motifs is 1. The molecule has 0 fully saturated rings. The van der Waals surface area contributed by atoms with Gasteiger partial charge in [0.15, 0.2) is 0 Å². The summed E-state index contributed by atoms with van der Waals surface area (Å²) < 4.78 is 1.59. The predicted octanol–water partition coefficient (Wildman–Crippen LogP) is 4.05. The van der Waals surface area contributed by atoms with Gasteiger partial charge in [-0.05, 0) is 30.5 Å². The molecule has 146 valence electrons. The summed E-state index contributed by atoms with van der Waals surface area (Å²) >= 11 is 1.26. The van der Waals surface area contributed by atoms with Crippen LogP contribution in [0.3, 0.4) is 0 Å². The first-order valence-electron chi connectivity index (χ1n) is 9.39. The van der Waals surface area contributed by atoms with E-state index in [1.165, 1.54) is 16.9 Å². The molecule has 0 aliphatic rings. The molecule has 4 aromatic rings. The molecule has 0 unspecified atom stereocenters. The van der Waals surface area contributed by atoms with Crippen molar-refractivity contribution in [3.63, 3.8) is 0 Å². The average Bonchev–Trinajstić information content (AvgIpc) is 3.07. The Labute approximate surface area is 172 Å². The van der Waals surface area contributed by atoms with E-state index in [1.54, 1.807) is 10.9 Å². The van der Waals surface area contributed by atoms with Gasteiger partial charge in [-0.25, -0.2) is 4.98 Å². The fraction of sp³-hybridized carbons (Fsp3) is 0.174. The Morgan fingerprint density at radius 2 is 1.76 bits per heavy atom. The van der Waals surface area contributed by atoms with Crippen LogP contribution in [0.2, 0.25) is 0 Å². The van der Waals surface area contributed by atoms with E-state index < -0.39 is 0 Å². The van der Waals surface area contributed by atoms with Gasteiger partial charge >= 0.3 is 0 Å². The predicted molar refractivity (Wildman–Crippen MR) is 117 cm³/mol. The number of nitrogens with one attached hydrogen (secondary N) is 1. The maximum absolute atomic E-state index is 13.0. The molecule has 0 saturated carbocycles. The quantitative estimate of drug-likeness (QED) is 0.547. The monoisotopic (exact) mass is 403 g/mol. The lowest BCUT2D eigenvalue weighted by atomic mass is 10.1. The van der Waals surface area contributed by atoms with Crippen molar-refractivity contribution >= 4 is 27.5 Å². The van der Waals surface area contributed by atoms with Crippen LogP contribution in [-0.4, -0.2) is 15.5 Å². The van der Waals surface area contributed by atoms with E-state index in [1.807, 2.05) is 68.4 Å². The highest BCUT2D eigenvalue weighted by molar-refractivity contribution is 7.20. The summed E-state index contributed by atoms with van der Waals surface area (Å²) in [5, 5.41) is 3.47. The van der Waals surface area contributed by atoms with Crippen LogP contribution in [0, 0.1) is 13.8 Å². The summed E-state index contributed by atoms with van der Waals surface area (Å²) in [6, 6.07) is 17.8. The molecule has 0 bridgehead atoms. The number of nitrogens with zero attached hydrogens (tertiary/aromatic N) is 2. The summed E-state index contributed by atoms with van der Waals surface area (Å²) in [5.41, 5.74) is 3.81. The number of carbonyl (C=O) groups excluding carboxylic acids is 1. The fourth-order valence-electron chi connectivity index (χ4n) is 3.24. The molecule has 2 aromatic carbocycles. The minimum Gasteiger partial charge on any atom is -0.347 e. The van der Waals surface area contributed by atoms with E-state index in [0.717, 1.165) is 11.1 Å². The molecule has 0 aliphatic heterocycles. The van der Waals surface area contributed by atoms with Crippen molar-refractivity contribution in [1.29, 1.82) is 0 Å². The molecule has 0 atom stereocenters. The van der Waals surface area contributed by atoms with Gasteiger partial charge in [0.25, 0.3) is 11.5 Å². The molecular formula is C23H21N3O2S. The zero-order chi connectivity index (χ0) is 20.4. The SMILES string of the molecule is Cc1ccc(CNC(=O)c2sc3ncn(Cc4ccccc4)c(=O)c3c2C)cc1. The molecule has 5 nitrogen and oxygen atoms in total. The van der Waals surface area contributed by atoms with Crippen LogP contribution in [0.5, 0.6) is 0 Å². The standard InChI is InChI=1S/C23H21N3O2S/c1-15-8-10-17(11-9-15)12-24-21(27)20-16(2)19-22(29-20)25-14-26(23(19)28)13-18-6-4-3-5-7-18/h3-11,14H,12-13H2,1-2H3,(H,24,27). The maximum Gasteiger partial charge on any atom is 0.262 e. The highest BCUT2D eigenvalue weighted by Crippen LogP contribution is 2.26. The second kappa shape index (κ2) is 8.01. The molecule has 0 radical (unpaired) electrons. The number of thiophene rings is 1. The molecule has 1 N–H and O–H groups in total. The molecule has 0 spiro atoms. The van der Waals surface area contributed by atoms with Crippen LogP contribution in [-0.2, 0) is 13.1 Å². The fourth-order valence-corrected chi connectivity index (χ4v) is 4.29. The molecule has 6 heteroatoms. The maximum atomic E-state index is 13.0. The normalized spacial score (nSPS) is 11.0. The van der Waals surface area contributed by atoms with Gasteiger partial charge in [0.1, 0.15) is 4.83 Å². The number of rotatable bonds is 5. The molecule has 29 heavy (non-hydrogen) atoms. The zero-order valence-corrected chi connectivity index (χ0v) is 17.1. The Hall–Kier alpha value is -3.25. The first-order valence-corrected chi connectivity index (χ1v) is 10.2. The van der Waals surface area contributed by atoms with Gasteiger partial charge in [0.2, 0.25) is 0 Å². The molecule has 2 heterocycles. The highest BCUT2D eigenvalue weighted by Gasteiger charge is 2.19. The van der Waals surface area contributed by atoms with E-state index >= 15 is 0 Å². The van der Waals surface area contributed by atoms with Gasteiger partial charge in [-0.3, -0.25) is 14.2 Å².